The summed E-state index contributed by atoms with van der Waals surface area (Å²) in [5.41, 5.74) is 1.87. The normalized spacial score (nSPS) is 24.1. The van der Waals surface area contributed by atoms with Crippen molar-refractivity contribution >= 4 is 23.4 Å². The van der Waals surface area contributed by atoms with Crippen LogP contribution in [0.4, 0.5) is 10.5 Å². The third-order valence-corrected chi connectivity index (χ3v) is 4.41. The Morgan fingerprint density at radius 3 is 2.90 bits per heavy atom. The van der Waals surface area contributed by atoms with Gasteiger partial charge in [-0.1, -0.05) is 11.6 Å². The monoisotopic (exact) mass is 308 g/mol. The number of halogens is 1. The molecule has 1 spiro atoms. The molecule has 4 nitrogen and oxygen atoms in total. The summed E-state index contributed by atoms with van der Waals surface area (Å²) in [5.74, 6) is 0. The van der Waals surface area contributed by atoms with Gasteiger partial charge in [0.05, 0.1) is 0 Å². The highest BCUT2D eigenvalue weighted by atomic mass is 35.5. The lowest BCUT2D eigenvalue weighted by atomic mass is 9.82. The Kier molecular flexibility index (Phi) is 3.32. The number of ether oxygens (including phenoxy) is 1. The van der Waals surface area contributed by atoms with E-state index in [4.69, 9.17) is 16.3 Å². The fourth-order valence-electron chi connectivity index (χ4n) is 3.19. The van der Waals surface area contributed by atoms with Crippen molar-refractivity contribution < 1.29 is 9.53 Å². The van der Waals surface area contributed by atoms with Gasteiger partial charge in [-0.15, -0.1) is 0 Å². The van der Waals surface area contributed by atoms with E-state index in [0.717, 1.165) is 30.2 Å². The number of carbonyl (C=O) groups is 1. The predicted molar refractivity (Wildman–Crippen MR) is 84.0 cm³/mol. The van der Waals surface area contributed by atoms with Crippen LogP contribution < -0.4 is 5.32 Å². The minimum absolute atomic E-state index is 0.0306. The van der Waals surface area contributed by atoms with Gasteiger partial charge in [0.1, 0.15) is 5.60 Å². The fraction of sp³-hybridized carbons (Fsp3) is 0.562. The summed E-state index contributed by atoms with van der Waals surface area (Å²) >= 11 is 6.14. The van der Waals surface area contributed by atoms with Gasteiger partial charge < -0.3 is 15.0 Å². The third-order valence-electron chi connectivity index (χ3n) is 4.18. The Bertz CT molecular complexity index is 582. The van der Waals surface area contributed by atoms with E-state index < -0.39 is 5.60 Å². The van der Waals surface area contributed by atoms with Gasteiger partial charge in [0.2, 0.25) is 0 Å². The first-order chi connectivity index (χ1) is 9.79. The van der Waals surface area contributed by atoms with Gasteiger partial charge in [-0.25, -0.2) is 4.79 Å². The van der Waals surface area contributed by atoms with Crippen LogP contribution in [0.15, 0.2) is 18.2 Å². The second-order valence-electron chi connectivity index (χ2n) is 6.98. The van der Waals surface area contributed by atoms with Crippen LogP contribution in [0.5, 0.6) is 0 Å². The van der Waals surface area contributed by atoms with E-state index in [1.165, 1.54) is 5.56 Å². The van der Waals surface area contributed by atoms with Gasteiger partial charge in [0, 0.05) is 35.8 Å². The van der Waals surface area contributed by atoms with Crippen molar-refractivity contribution in [3.05, 3.63) is 28.8 Å². The number of carbonyl (C=O) groups excluding carboxylic acids is 1. The fourth-order valence-corrected chi connectivity index (χ4v) is 3.36. The molecule has 0 bridgehead atoms. The standard InChI is InChI=1S/C16H21ClN2O2/c1-15(2,3)21-14(20)19-7-6-16(10-19)9-18-13-5-4-11(17)8-12(13)16/h4-5,8,18H,6-7,9-10H2,1-3H3/t16-/m0/s1. The Hall–Kier alpha value is -1.42. The molecule has 1 N–H and O–H groups in total. The molecule has 0 aliphatic carbocycles. The Balaban J connectivity index is 1.79. The van der Waals surface area contributed by atoms with Crippen LogP contribution in [-0.2, 0) is 10.2 Å². The summed E-state index contributed by atoms with van der Waals surface area (Å²) in [6, 6.07) is 5.94. The van der Waals surface area contributed by atoms with E-state index in [0.29, 0.717) is 6.54 Å². The number of hydrogen-bond donors (Lipinski definition) is 1. The van der Waals surface area contributed by atoms with Crippen molar-refractivity contribution in [2.45, 2.75) is 38.2 Å². The molecule has 1 saturated heterocycles. The number of amides is 1. The third kappa shape index (κ3) is 2.69. The average Bonchev–Trinajstić information content (AvgIpc) is 2.95. The van der Waals surface area contributed by atoms with E-state index in [1.807, 2.05) is 43.9 Å². The number of fused-ring (bicyclic) bond motifs is 2. The summed E-state index contributed by atoms with van der Waals surface area (Å²) in [6.07, 6.45) is 0.710. The van der Waals surface area contributed by atoms with Crippen LogP contribution in [0.3, 0.4) is 0 Å². The predicted octanol–water partition coefficient (Wildman–Crippen LogP) is 3.64. The summed E-state index contributed by atoms with van der Waals surface area (Å²) in [6.45, 7) is 7.93. The first-order valence-corrected chi connectivity index (χ1v) is 7.69. The summed E-state index contributed by atoms with van der Waals surface area (Å²) in [7, 11) is 0. The van der Waals surface area contributed by atoms with Crippen LogP contribution in [0.1, 0.15) is 32.8 Å². The second-order valence-corrected chi connectivity index (χ2v) is 7.41. The molecule has 1 atom stereocenters. The molecule has 1 aromatic carbocycles. The number of likely N-dealkylation sites (tertiary alicyclic amines) is 1. The molecule has 3 rings (SSSR count). The summed E-state index contributed by atoms with van der Waals surface area (Å²) < 4.78 is 5.48. The highest BCUT2D eigenvalue weighted by molar-refractivity contribution is 6.30. The van der Waals surface area contributed by atoms with Gasteiger partial charge >= 0.3 is 6.09 Å². The molecule has 0 aromatic heterocycles. The first kappa shape index (κ1) is 14.5. The van der Waals surface area contributed by atoms with Crippen LogP contribution >= 0.6 is 11.6 Å². The number of benzene rings is 1. The molecule has 0 unspecified atom stereocenters. The molecule has 2 heterocycles. The highest BCUT2D eigenvalue weighted by Gasteiger charge is 2.46. The SMILES string of the molecule is CC(C)(C)OC(=O)N1CC[C@]2(CNc3ccc(Cl)cc32)C1. The molecule has 114 valence electrons. The zero-order chi connectivity index (χ0) is 15.3. The van der Waals surface area contributed by atoms with Gasteiger partial charge in [0.25, 0.3) is 0 Å². The Morgan fingerprint density at radius 2 is 2.19 bits per heavy atom. The summed E-state index contributed by atoms with van der Waals surface area (Å²) in [5, 5.41) is 4.17. The Morgan fingerprint density at radius 1 is 1.43 bits per heavy atom. The van der Waals surface area contributed by atoms with Crippen LogP contribution in [-0.4, -0.2) is 36.2 Å². The molecule has 1 fully saturated rings. The second kappa shape index (κ2) is 4.80. The zero-order valence-corrected chi connectivity index (χ0v) is 13.5. The molecule has 2 aliphatic heterocycles. The maximum absolute atomic E-state index is 12.2. The van der Waals surface area contributed by atoms with E-state index in [1.54, 1.807) is 0 Å². The Labute approximate surface area is 130 Å². The van der Waals surface area contributed by atoms with Crippen molar-refractivity contribution in [1.82, 2.24) is 4.90 Å². The van der Waals surface area contributed by atoms with E-state index in [2.05, 4.69) is 5.32 Å². The van der Waals surface area contributed by atoms with Crippen molar-refractivity contribution in [1.29, 1.82) is 0 Å². The maximum atomic E-state index is 12.2. The maximum Gasteiger partial charge on any atom is 0.410 e. The van der Waals surface area contributed by atoms with E-state index in [9.17, 15) is 4.79 Å². The number of hydrogen-bond acceptors (Lipinski definition) is 3. The molecule has 1 aromatic rings. The molecule has 0 radical (unpaired) electrons. The molecule has 2 aliphatic rings. The molecular weight excluding hydrogens is 288 g/mol. The number of nitrogens with one attached hydrogen (secondary N) is 1. The largest absolute Gasteiger partial charge is 0.444 e. The summed E-state index contributed by atoms with van der Waals surface area (Å²) in [4.78, 5) is 14.0. The van der Waals surface area contributed by atoms with E-state index >= 15 is 0 Å². The van der Waals surface area contributed by atoms with Crippen LogP contribution in [0.25, 0.3) is 0 Å². The lowest BCUT2D eigenvalue weighted by molar-refractivity contribution is 0.0285. The number of rotatable bonds is 0. The quantitative estimate of drug-likeness (QED) is 0.795. The minimum atomic E-state index is -0.456. The molecule has 21 heavy (non-hydrogen) atoms. The van der Waals surface area contributed by atoms with Gasteiger partial charge in [-0.2, -0.15) is 0 Å². The van der Waals surface area contributed by atoms with Crippen LogP contribution in [0, 0.1) is 0 Å². The average molecular weight is 309 g/mol. The van der Waals surface area contributed by atoms with Crippen LogP contribution in [0.2, 0.25) is 5.02 Å². The lowest BCUT2D eigenvalue weighted by Gasteiger charge is -2.27. The van der Waals surface area contributed by atoms with Crippen molar-refractivity contribution in [3.63, 3.8) is 0 Å². The van der Waals surface area contributed by atoms with Crippen molar-refractivity contribution in [2.75, 3.05) is 25.0 Å². The zero-order valence-electron chi connectivity index (χ0n) is 12.7. The van der Waals surface area contributed by atoms with Gasteiger partial charge in [-0.3, -0.25) is 0 Å². The smallest absolute Gasteiger partial charge is 0.410 e. The first-order valence-electron chi connectivity index (χ1n) is 7.31. The van der Waals surface area contributed by atoms with Crippen molar-refractivity contribution in [2.24, 2.45) is 0 Å². The molecule has 1 amide bonds. The van der Waals surface area contributed by atoms with Crippen molar-refractivity contribution in [3.8, 4) is 0 Å². The lowest BCUT2D eigenvalue weighted by Crippen LogP contribution is -2.38. The van der Waals surface area contributed by atoms with Gasteiger partial charge in [0.15, 0.2) is 0 Å². The number of nitrogens with zero attached hydrogens (tertiary/aromatic N) is 1. The molecule has 0 saturated carbocycles. The molecule has 5 heteroatoms. The highest BCUT2D eigenvalue weighted by Crippen LogP contribution is 2.44. The van der Waals surface area contributed by atoms with E-state index in [-0.39, 0.29) is 11.5 Å². The number of anilines is 1. The minimum Gasteiger partial charge on any atom is -0.444 e. The van der Waals surface area contributed by atoms with Gasteiger partial charge in [-0.05, 0) is 51.0 Å². The molecular formula is C16H21ClN2O2. The topological polar surface area (TPSA) is 41.6 Å².